The largest absolute Gasteiger partial charge is 0.481 e. The van der Waals surface area contributed by atoms with E-state index in [2.05, 4.69) is 4.74 Å². The molecule has 1 atom stereocenters. The molecule has 7 heteroatoms. The van der Waals surface area contributed by atoms with Gasteiger partial charge in [0.15, 0.2) is 0 Å². The highest BCUT2D eigenvalue weighted by molar-refractivity contribution is 5.90. The van der Waals surface area contributed by atoms with Crippen molar-refractivity contribution in [3.63, 3.8) is 0 Å². The fourth-order valence-corrected chi connectivity index (χ4v) is 0.429. The second-order valence-electron chi connectivity index (χ2n) is 2.20. The number of aliphatic carboxylic acids is 2. The first-order valence-electron chi connectivity index (χ1n) is 3.29. The average molecular weight is 191 g/mol. The minimum atomic E-state index is -1.34. The molecule has 0 unspecified atom stereocenters. The third-order valence-corrected chi connectivity index (χ3v) is 1.04. The average Bonchev–Trinajstić information content (AvgIpc) is 1.98. The van der Waals surface area contributed by atoms with Gasteiger partial charge in [-0.2, -0.15) is 0 Å². The predicted molar refractivity (Wildman–Crippen MR) is 38.8 cm³/mol. The lowest BCUT2D eigenvalue weighted by Gasteiger charge is -2.06. The van der Waals surface area contributed by atoms with Gasteiger partial charge in [-0.05, 0) is 0 Å². The van der Waals surface area contributed by atoms with Crippen LogP contribution in [0.15, 0.2) is 0 Å². The smallest absolute Gasteiger partial charge is 0.324 e. The second kappa shape index (κ2) is 5.09. The van der Waals surface area contributed by atoms with Crippen molar-refractivity contribution in [2.45, 2.75) is 12.5 Å². The number of carbonyl (C=O) groups excluding carboxylic acids is 1. The van der Waals surface area contributed by atoms with Crippen molar-refractivity contribution in [3.8, 4) is 0 Å². The zero-order chi connectivity index (χ0) is 10.4. The van der Waals surface area contributed by atoms with Gasteiger partial charge < -0.3 is 20.7 Å². The quantitative estimate of drug-likeness (QED) is 0.353. The molecule has 0 aliphatic carbocycles. The standard InChI is InChI=1S/C6H9NO6/c7-3(6(11)12)2-13-5(10)1-4(8)9/h3H,1-2,7H2,(H,8,9)(H,11,12)/t3-/m1/s1. The van der Waals surface area contributed by atoms with E-state index in [4.69, 9.17) is 15.9 Å². The lowest BCUT2D eigenvalue weighted by Crippen LogP contribution is -2.35. The Morgan fingerprint density at radius 3 is 2.23 bits per heavy atom. The Hall–Kier alpha value is -1.63. The SMILES string of the molecule is N[C@H](COC(=O)CC(=O)O)C(=O)O. The molecular weight excluding hydrogens is 182 g/mol. The molecule has 0 saturated carbocycles. The van der Waals surface area contributed by atoms with Gasteiger partial charge in [-0.3, -0.25) is 14.4 Å². The summed E-state index contributed by atoms with van der Waals surface area (Å²) in [5, 5.41) is 16.4. The van der Waals surface area contributed by atoms with Crippen molar-refractivity contribution in [1.29, 1.82) is 0 Å². The van der Waals surface area contributed by atoms with E-state index < -0.39 is 37.0 Å². The Labute approximate surface area is 73.1 Å². The van der Waals surface area contributed by atoms with E-state index in [-0.39, 0.29) is 0 Å². The molecule has 0 saturated heterocycles. The summed E-state index contributed by atoms with van der Waals surface area (Å²) in [7, 11) is 0. The van der Waals surface area contributed by atoms with Gasteiger partial charge in [0.05, 0.1) is 0 Å². The normalized spacial score (nSPS) is 11.8. The molecule has 0 amide bonds. The van der Waals surface area contributed by atoms with Crippen LogP contribution in [0, 0.1) is 0 Å². The first-order valence-corrected chi connectivity index (χ1v) is 3.29. The molecule has 0 radical (unpaired) electrons. The molecule has 0 spiro atoms. The van der Waals surface area contributed by atoms with E-state index >= 15 is 0 Å². The maximum absolute atomic E-state index is 10.5. The lowest BCUT2D eigenvalue weighted by atomic mass is 10.3. The highest BCUT2D eigenvalue weighted by Crippen LogP contribution is 1.88. The Kier molecular flexibility index (Phi) is 4.45. The number of carboxylic acids is 2. The van der Waals surface area contributed by atoms with Gasteiger partial charge in [0.25, 0.3) is 0 Å². The van der Waals surface area contributed by atoms with Crippen LogP contribution < -0.4 is 5.73 Å². The summed E-state index contributed by atoms with van der Waals surface area (Å²) < 4.78 is 4.25. The van der Waals surface area contributed by atoms with E-state index in [0.29, 0.717) is 0 Å². The van der Waals surface area contributed by atoms with Crippen molar-refractivity contribution in [2.75, 3.05) is 6.61 Å². The molecule has 74 valence electrons. The molecule has 0 aromatic carbocycles. The van der Waals surface area contributed by atoms with Crippen LogP contribution in [-0.4, -0.2) is 40.8 Å². The van der Waals surface area contributed by atoms with Crippen LogP contribution in [0.3, 0.4) is 0 Å². The molecule has 0 heterocycles. The van der Waals surface area contributed by atoms with Crippen molar-refractivity contribution >= 4 is 17.9 Å². The van der Waals surface area contributed by atoms with Crippen molar-refractivity contribution in [1.82, 2.24) is 0 Å². The van der Waals surface area contributed by atoms with Crippen LogP contribution in [0.4, 0.5) is 0 Å². The first-order chi connectivity index (χ1) is 5.93. The molecule has 13 heavy (non-hydrogen) atoms. The molecule has 0 aliphatic heterocycles. The second-order valence-corrected chi connectivity index (χ2v) is 2.20. The van der Waals surface area contributed by atoms with Crippen molar-refractivity contribution < 1.29 is 29.3 Å². The molecule has 0 aromatic rings. The van der Waals surface area contributed by atoms with Gasteiger partial charge in [-0.15, -0.1) is 0 Å². The molecule has 0 fully saturated rings. The third kappa shape index (κ3) is 5.62. The Morgan fingerprint density at radius 1 is 1.31 bits per heavy atom. The fourth-order valence-electron chi connectivity index (χ4n) is 0.429. The number of carboxylic acid groups (broad SMARTS) is 2. The maximum Gasteiger partial charge on any atom is 0.324 e. The van der Waals surface area contributed by atoms with Crippen LogP contribution >= 0.6 is 0 Å². The highest BCUT2D eigenvalue weighted by Gasteiger charge is 2.15. The Morgan fingerprint density at radius 2 is 1.85 bits per heavy atom. The summed E-state index contributed by atoms with van der Waals surface area (Å²) in [6, 6.07) is -1.32. The van der Waals surface area contributed by atoms with E-state index in [1.807, 2.05) is 0 Å². The summed E-state index contributed by atoms with van der Waals surface area (Å²) in [6.07, 6.45) is -0.799. The van der Waals surface area contributed by atoms with E-state index in [9.17, 15) is 14.4 Å². The minimum absolute atomic E-state index is 0.526. The molecular formula is C6H9NO6. The Balaban J connectivity index is 3.70. The van der Waals surface area contributed by atoms with E-state index in [0.717, 1.165) is 0 Å². The molecule has 0 aromatic heterocycles. The van der Waals surface area contributed by atoms with Crippen molar-refractivity contribution in [2.24, 2.45) is 5.73 Å². The van der Waals surface area contributed by atoms with Gasteiger partial charge in [0, 0.05) is 0 Å². The monoisotopic (exact) mass is 191 g/mol. The third-order valence-electron chi connectivity index (χ3n) is 1.04. The number of nitrogens with two attached hydrogens (primary N) is 1. The number of rotatable bonds is 5. The summed E-state index contributed by atoms with van der Waals surface area (Å²) in [4.78, 5) is 30.6. The van der Waals surface area contributed by atoms with Gasteiger partial charge in [-0.1, -0.05) is 0 Å². The van der Waals surface area contributed by atoms with Gasteiger partial charge in [-0.25, -0.2) is 0 Å². The molecule has 0 aliphatic rings. The summed E-state index contributed by atoms with van der Waals surface area (Å²) in [5.74, 6) is -3.67. The number of carbonyl (C=O) groups is 3. The summed E-state index contributed by atoms with van der Waals surface area (Å²) in [6.45, 7) is -0.526. The molecule has 7 nitrogen and oxygen atoms in total. The van der Waals surface area contributed by atoms with Crippen LogP contribution in [0.5, 0.6) is 0 Å². The summed E-state index contributed by atoms with van der Waals surface area (Å²) >= 11 is 0. The number of hydrogen-bond acceptors (Lipinski definition) is 5. The zero-order valence-corrected chi connectivity index (χ0v) is 6.60. The van der Waals surface area contributed by atoms with Gasteiger partial charge in [0.1, 0.15) is 19.1 Å². The Bertz CT molecular complexity index is 225. The molecule has 4 N–H and O–H groups in total. The fraction of sp³-hybridized carbons (Fsp3) is 0.500. The van der Waals surface area contributed by atoms with Crippen LogP contribution in [-0.2, 0) is 19.1 Å². The predicted octanol–water partition coefficient (Wildman–Crippen LogP) is -1.58. The van der Waals surface area contributed by atoms with Gasteiger partial charge in [0.2, 0.25) is 0 Å². The van der Waals surface area contributed by atoms with Crippen LogP contribution in [0.2, 0.25) is 0 Å². The summed E-state index contributed by atoms with van der Waals surface area (Å²) in [5.41, 5.74) is 4.97. The highest BCUT2D eigenvalue weighted by atomic mass is 16.5. The number of hydrogen-bond donors (Lipinski definition) is 3. The topological polar surface area (TPSA) is 127 Å². The number of esters is 1. The van der Waals surface area contributed by atoms with E-state index in [1.165, 1.54) is 0 Å². The lowest BCUT2D eigenvalue weighted by molar-refractivity contribution is -0.152. The molecule has 0 rings (SSSR count). The van der Waals surface area contributed by atoms with E-state index in [1.54, 1.807) is 0 Å². The first kappa shape index (κ1) is 11.4. The minimum Gasteiger partial charge on any atom is -0.481 e. The zero-order valence-electron chi connectivity index (χ0n) is 6.60. The van der Waals surface area contributed by atoms with Crippen molar-refractivity contribution in [3.05, 3.63) is 0 Å². The number of ether oxygens (including phenoxy) is 1. The van der Waals surface area contributed by atoms with Crippen LogP contribution in [0.1, 0.15) is 6.42 Å². The maximum atomic E-state index is 10.5. The van der Waals surface area contributed by atoms with Gasteiger partial charge >= 0.3 is 17.9 Å². The van der Waals surface area contributed by atoms with Crippen LogP contribution in [0.25, 0.3) is 0 Å². The molecule has 0 bridgehead atoms.